The molecule has 1 N–H and O–H groups in total. The number of hydrogen-bond acceptors (Lipinski definition) is 5. The van der Waals surface area contributed by atoms with Gasteiger partial charge in [-0.3, -0.25) is 0 Å². The van der Waals surface area contributed by atoms with Gasteiger partial charge >= 0.3 is 0 Å². The Bertz CT molecular complexity index is 1040. The molecule has 0 aliphatic carbocycles. The Kier molecular flexibility index (Phi) is 4.70. The summed E-state index contributed by atoms with van der Waals surface area (Å²) in [4.78, 5) is 0. The largest absolute Gasteiger partial charge is 0.486 e. The van der Waals surface area contributed by atoms with Gasteiger partial charge in [-0.05, 0) is 26.0 Å². The van der Waals surface area contributed by atoms with Gasteiger partial charge in [0.2, 0.25) is 0 Å². The number of benzene rings is 2. The third kappa shape index (κ3) is 3.19. The number of anilines is 1. The average Bonchev–Trinajstić information content (AvgIpc) is 2.69. The van der Waals surface area contributed by atoms with Crippen LogP contribution in [0.25, 0.3) is 10.8 Å². The molecule has 8 heteroatoms. The molecule has 146 valence electrons. The molecule has 1 aliphatic rings. The highest BCUT2D eigenvalue weighted by molar-refractivity contribution is 5.95. The summed E-state index contributed by atoms with van der Waals surface area (Å²) in [6, 6.07) is 7.00. The number of rotatable bonds is 4. The Labute approximate surface area is 159 Å². The predicted molar refractivity (Wildman–Crippen MR) is 98.7 cm³/mol. The normalized spacial score (nSPS) is 14.4. The molecule has 1 aliphatic heterocycles. The molecule has 28 heavy (non-hydrogen) atoms. The zero-order chi connectivity index (χ0) is 19.8. The van der Waals surface area contributed by atoms with E-state index in [9.17, 15) is 13.2 Å². The van der Waals surface area contributed by atoms with Crippen LogP contribution >= 0.6 is 0 Å². The first-order valence-electron chi connectivity index (χ1n) is 8.85. The van der Waals surface area contributed by atoms with Crippen LogP contribution in [0.5, 0.6) is 11.5 Å². The van der Waals surface area contributed by atoms with E-state index in [-0.39, 0.29) is 5.56 Å². The molecule has 1 aromatic heterocycles. The number of nitrogens with zero attached hydrogens (tertiary/aromatic N) is 2. The van der Waals surface area contributed by atoms with Crippen molar-refractivity contribution in [2.45, 2.75) is 26.3 Å². The summed E-state index contributed by atoms with van der Waals surface area (Å²) in [6.45, 7) is 4.42. The van der Waals surface area contributed by atoms with Crippen molar-refractivity contribution in [3.05, 3.63) is 53.0 Å². The number of halogens is 3. The van der Waals surface area contributed by atoms with Crippen LogP contribution < -0.4 is 14.8 Å². The van der Waals surface area contributed by atoms with E-state index in [1.165, 1.54) is 12.1 Å². The highest BCUT2D eigenvalue weighted by Crippen LogP contribution is 2.38. The molecule has 0 unspecified atom stereocenters. The van der Waals surface area contributed by atoms with Gasteiger partial charge in [-0.15, -0.1) is 5.10 Å². The van der Waals surface area contributed by atoms with Gasteiger partial charge < -0.3 is 14.8 Å². The second-order valence-corrected chi connectivity index (χ2v) is 6.59. The molecule has 0 radical (unpaired) electrons. The summed E-state index contributed by atoms with van der Waals surface area (Å²) in [5, 5.41) is 13.0. The van der Waals surface area contributed by atoms with E-state index >= 15 is 0 Å². The monoisotopic (exact) mass is 389 g/mol. The molecular formula is C20H18F3N3O2. The van der Waals surface area contributed by atoms with E-state index < -0.39 is 23.8 Å². The van der Waals surface area contributed by atoms with Crippen LogP contribution in [-0.2, 0) is 0 Å². The number of hydrogen-bond donors (Lipinski definition) is 1. The summed E-state index contributed by atoms with van der Waals surface area (Å²) < 4.78 is 51.7. The van der Waals surface area contributed by atoms with E-state index in [1.54, 1.807) is 13.0 Å². The second-order valence-electron chi connectivity index (χ2n) is 6.59. The summed E-state index contributed by atoms with van der Waals surface area (Å²) in [5.41, 5.74) is 0.215. The third-order valence-electron chi connectivity index (χ3n) is 4.74. The first-order valence-corrected chi connectivity index (χ1v) is 8.85. The second kappa shape index (κ2) is 7.18. The number of alkyl halides is 2. The van der Waals surface area contributed by atoms with Gasteiger partial charge in [0.1, 0.15) is 19.0 Å². The van der Waals surface area contributed by atoms with Gasteiger partial charge in [0, 0.05) is 16.3 Å². The highest BCUT2D eigenvalue weighted by atomic mass is 19.3. The van der Waals surface area contributed by atoms with Crippen molar-refractivity contribution in [1.82, 2.24) is 10.2 Å². The maximum Gasteiger partial charge on any atom is 0.266 e. The minimum atomic E-state index is -2.88. The molecule has 1 atom stereocenters. The Morgan fingerprint density at radius 1 is 1.00 bits per heavy atom. The van der Waals surface area contributed by atoms with Crippen molar-refractivity contribution in [1.29, 1.82) is 0 Å². The number of ether oxygens (including phenoxy) is 2. The lowest BCUT2D eigenvalue weighted by molar-refractivity contribution is 0.146. The van der Waals surface area contributed by atoms with Crippen molar-refractivity contribution in [2.75, 3.05) is 18.5 Å². The highest BCUT2D eigenvalue weighted by Gasteiger charge is 2.21. The first-order chi connectivity index (χ1) is 13.5. The molecule has 2 aromatic carbocycles. The molecule has 0 spiro atoms. The van der Waals surface area contributed by atoms with Gasteiger partial charge in [-0.25, -0.2) is 13.2 Å². The molecule has 2 heterocycles. The summed E-state index contributed by atoms with van der Waals surface area (Å²) in [7, 11) is 0. The molecule has 3 aromatic rings. The molecule has 0 saturated carbocycles. The number of aryl methyl sites for hydroxylation is 1. The van der Waals surface area contributed by atoms with Crippen molar-refractivity contribution < 1.29 is 22.6 Å². The zero-order valence-corrected chi connectivity index (χ0v) is 15.3. The van der Waals surface area contributed by atoms with Gasteiger partial charge in [0.25, 0.3) is 6.43 Å². The minimum Gasteiger partial charge on any atom is -0.486 e. The smallest absolute Gasteiger partial charge is 0.266 e. The van der Waals surface area contributed by atoms with Gasteiger partial charge in [-0.2, -0.15) is 5.10 Å². The average molecular weight is 389 g/mol. The SMILES string of the molecule is Cc1nnc(N[C@H](C)c2cccc(C(F)F)c2F)c2cc3c(cc12)OCCO3. The summed E-state index contributed by atoms with van der Waals surface area (Å²) >= 11 is 0. The van der Waals surface area contributed by atoms with Crippen LogP contribution in [0.15, 0.2) is 30.3 Å². The molecule has 0 amide bonds. The van der Waals surface area contributed by atoms with Crippen LogP contribution in [0.2, 0.25) is 0 Å². The maximum atomic E-state index is 14.5. The van der Waals surface area contributed by atoms with Gasteiger partial charge in [-0.1, -0.05) is 18.2 Å². The van der Waals surface area contributed by atoms with E-state index in [1.807, 2.05) is 13.0 Å². The molecular weight excluding hydrogens is 371 g/mol. The fourth-order valence-corrected chi connectivity index (χ4v) is 3.28. The Morgan fingerprint density at radius 2 is 1.64 bits per heavy atom. The standard InChI is InChI=1S/C20H18F3N3O2/c1-10(12-4-3-5-13(18(12)21)19(22)23)24-20-15-9-17-16(27-6-7-28-17)8-14(15)11(2)25-26-20/h3-5,8-10,19H,6-7H2,1-2H3,(H,24,26)/t10-/m1/s1. The number of nitrogens with one attached hydrogen (secondary N) is 1. The molecule has 5 nitrogen and oxygen atoms in total. The Morgan fingerprint density at radius 3 is 2.32 bits per heavy atom. The molecule has 0 fully saturated rings. The van der Waals surface area contributed by atoms with E-state index in [0.29, 0.717) is 36.2 Å². The summed E-state index contributed by atoms with van der Waals surface area (Å²) in [5.74, 6) is 0.708. The summed E-state index contributed by atoms with van der Waals surface area (Å²) in [6.07, 6.45) is -2.88. The van der Waals surface area contributed by atoms with Gasteiger partial charge in [0.15, 0.2) is 17.3 Å². The van der Waals surface area contributed by atoms with Crippen LogP contribution in [0.1, 0.15) is 36.2 Å². The number of fused-ring (bicyclic) bond motifs is 2. The first kappa shape index (κ1) is 18.3. The lowest BCUT2D eigenvalue weighted by Crippen LogP contribution is -2.16. The quantitative estimate of drug-likeness (QED) is 0.684. The number of aromatic nitrogens is 2. The van der Waals surface area contributed by atoms with E-state index in [0.717, 1.165) is 16.8 Å². The van der Waals surface area contributed by atoms with E-state index in [4.69, 9.17) is 9.47 Å². The molecule has 0 bridgehead atoms. The Balaban J connectivity index is 1.74. The van der Waals surface area contributed by atoms with Crippen molar-refractivity contribution >= 4 is 16.6 Å². The maximum absolute atomic E-state index is 14.5. The van der Waals surface area contributed by atoms with Gasteiger partial charge in [0.05, 0.1) is 17.3 Å². The van der Waals surface area contributed by atoms with E-state index in [2.05, 4.69) is 15.5 Å². The topological polar surface area (TPSA) is 56.3 Å². The zero-order valence-electron chi connectivity index (χ0n) is 15.3. The molecule has 0 saturated heterocycles. The van der Waals surface area contributed by atoms with Crippen molar-refractivity contribution in [3.8, 4) is 11.5 Å². The van der Waals surface area contributed by atoms with Crippen LogP contribution in [0.3, 0.4) is 0 Å². The van der Waals surface area contributed by atoms with Crippen molar-refractivity contribution in [3.63, 3.8) is 0 Å². The van der Waals surface area contributed by atoms with Crippen LogP contribution in [0, 0.1) is 12.7 Å². The van der Waals surface area contributed by atoms with Crippen LogP contribution in [-0.4, -0.2) is 23.4 Å². The minimum absolute atomic E-state index is 0.130. The lowest BCUT2D eigenvalue weighted by Gasteiger charge is -2.21. The van der Waals surface area contributed by atoms with Crippen molar-refractivity contribution in [2.24, 2.45) is 0 Å². The fraction of sp³-hybridized carbons (Fsp3) is 0.300. The fourth-order valence-electron chi connectivity index (χ4n) is 3.28. The Hall–Kier alpha value is -3.03. The predicted octanol–water partition coefficient (Wildman–Crippen LogP) is 4.96. The van der Waals surface area contributed by atoms with Crippen LogP contribution in [0.4, 0.5) is 19.0 Å². The lowest BCUT2D eigenvalue weighted by atomic mass is 10.0. The third-order valence-corrected chi connectivity index (χ3v) is 4.74. The molecule has 4 rings (SSSR count).